The molecule has 20 heavy (non-hydrogen) atoms. The number of nitrogens with one attached hydrogen (secondary N) is 1. The van der Waals surface area contributed by atoms with Gasteiger partial charge in [0.15, 0.2) is 5.75 Å². The molecular formula is C14H22N2O4. The van der Waals surface area contributed by atoms with Crippen molar-refractivity contribution < 1.29 is 14.8 Å². The van der Waals surface area contributed by atoms with Gasteiger partial charge in [0.1, 0.15) is 0 Å². The fourth-order valence-electron chi connectivity index (χ4n) is 1.97. The molecule has 0 aliphatic heterocycles. The van der Waals surface area contributed by atoms with Crippen molar-refractivity contribution in [3.63, 3.8) is 0 Å². The molecule has 0 saturated heterocycles. The Bertz CT molecular complexity index is 460. The van der Waals surface area contributed by atoms with Gasteiger partial charge in [-0.2, -0.15) is 0 Å². The third-order valence-corrected chi connectivity index (χ3v) is 2.92. The number of nitro benzene ring substituents is 1. The van der Waals surface area contributed by atoms with E-state index in [0.29, 0.717) is 25.3 Å². The molecule has 0 bridgehead atoms. The van der Waals surface area contributed by atoms with E-state index >= 15 is 0 Å². The molecule has 6 nitrogen and oxygen atoms in total. The van der Waals surface area contributed by atoms with Crippen LogP contribution in [0.1, 0.15) is 33.6 Å². The molecule has 112 valence electrons. The largest absolute Gasteiger partial charge is 0.487 e. The molecule has 0 aromatic heterocycles. The molecular weight excluding hydrogens is 260 g/mol. The van der Waals surface area contributed by atoms with Gasteiger partial charge in [-0.25, -0.2) is 0 Å². The van der Waals surface area contributed by atoms with Gasteiger partial charge in [0.05, 0.1) is 17.1 Å². The molecule has 0 fully saturated rings. The Morgan fingerprint density at radius 3 is 2.70 bits per heavy atom. The fraction of sp³-hybridized carbons (Fsp3) is 0.571. The number of benzene rings is 1. The van der Waals surface area contributed by atoms with Crippen molar-refractivity contribution in [3.05, 3.63) is 28.3 Å². The highest BCUT2D eigenvalue weighted by atomic mass is 16.6. The van der Waals surface area contributed by atoms with E-state index in [2.05, 4.69) is 5.32 Å². The van der Waals surface area contributed by atoms with Gasteiger partial charge in [0, 0.05) is 24.4 Å². The molecule has 0 amide bonds. The van der Waals surface area contributed by atoms with E-state index in [0.717, 1.165) is 6.42 Å². The molecule has 1 atom stereocenters. The van der Waals surface area contributed by atoms with E-state index in [-0.39, 0.29) is 11.4 Å². The summed E-state index contributed by atoms with van der Waals surface area (Å²) < 4.78 is 5.27. The summed E-state index contributed by atoms with van der Waals surface area (Å²) in [6.07, 6.45) is 1.57. The van der Waals surface area contributed by atoms with Gasteiger partial charge in [-0.15, -0.1) is 0 Å². The molecule has 1 aromatic carbocycles. The molecule has 0 radical (unpaired) electrons. The third-order valence-electron chi connectivity index (χ3n) is 2.92. The maximum Gasteiger partial charge on any atom is 0.311 e. The fourth-order valence-corrected chi connectivity index (χ4v) is 1.97. The third kappa shape index (κ3) is 4.70. The normalized spacial score (nSPS) is 13.6. The molecule has 2 N–H and O–H groups in total. The number of ether oxygens (including phenoxy) is 1. The maximum absolute atomic E-state index is 10.9. The second kappa shape index (κ2) is 7.09. The summed E-state index contributed by atoms with van der Waals surface area (Å²) in [7, 11) is 0. The Hall–Kier alpha value is -1.82. The lowest BCUT2D eigenvalue weighted by atomic mass is 10.0. The predicted octanol–water partition coefficient (Wildman–Crippen LogP) is 2.96. The zero-order valence-corrected chi connectivity index (χ0v) is 12.2. The summed E-state index contributed by atoms with van der Waals surface area (Å²) in [5.41, 5.74) is -0.171. The Morgan fingerprint density at radius 2 is 2.15 bits per heavy atom. The molecule has 6 heteroatoms. The lowest BCUT2D eigenvalue weighted by molar-refractivity contribution is -0.385. The van der Waals surface area contributed by atoms with Crippen LogP contribution >= 0.6 is 0 Å². The van der Waals surface area contributed by atoms with Crippen LogP contribution in [0.4, 0.5) is 11.4 Å². The minimum Gasteiger partial charge on any atom is -0.487 e. The average Bonchev–Trinajstić information content (AvgIpc) is 2.37. The summed E-state index contributed by atoms with van der Waals surface area (Å²) >= 11 is 0. The number of hydrogen-bond acceptors (Lipinski definition) is 5. The number of nitrogens with zero attached hydrogens (tertiary/aromatic N) is 1. The highest BCUT2D eigenvalue weighted by Gasteiger charge is 2.20. The second-order valence-electron chi connectivity index (χ2n) is 4.97. The minimum atomic E-state index is -0.803. The van der Waals surface area contributed by atoms with Crippen LogP contribution in [0, 0.1) is 10.1 Å². The quantitative estimate of drug-likeness (QED) is 0.565. The highest BCUT2D eigenvalue weighted by molar-refractivity contribution is 5.58. The second-order valence-corrected chi connectivity index (χ2v) is 4.97. The molecule has 1 rings (SSSR count). The Kier molecular flexibility index (Phi) is 5.76. The van der Waals surface area contributed by atoms with Crippen LogP contribution in [-0.2, 0) is 0 Å². The van der Waals surface area contributed by atoms with Crippen molar-refractivity contribution in [1.29, 1.82) is 0 Å². The van der Waals surface area contributed by atoms with E-state index < -0.39 is 10.5 Å². The number of nitro groups is 1. The molecule has 0 heterocycles. The van der Waals surface area contributed by atoms with Gasteiger partial charge in [0.25, 0.3) is 0 Å². The first kappa shape index (κ1) is 16.2. The topological polar surface area (TPSA) is 84.6 Å². The zero-order chi connectivity index (χ0) is 15.2. The van der Waals surface area contributed by atoms with Crippen LogP contribution in [0.3, 0.4) is 0 Å². The van der Waals surface area contributed by atoms with Crippen LogP contribution in [0.2, 0.25) is 0 Å². The molecule has 0 aliphatic carbocycles. The van der Waals surface area contributed by atoms with E-state index in [1.165, 1.54) is 6.07 Å². The van der Waals surface area contributed by atoms with Crippen LogP contribution in [0.15, 0.2) is 18.2 Å². The Balaban J connectivity index is 2.82. The van der Waals surface area contributed by atoms with Gasteiger partial charge in [-0.3, -0.25) is 10.1 Å². The van der Waals surface area contributed by atoms with E-state index in [9.17, 15) is 15.2 Å². The minimum absolute atomic E-state index is 0.0577. The number of rotatable bonds is 8. The zero-order valence-electron chi connectivity index (χ0n) is 12.2. The molecule has 0 spiro atoms. The van der Waals surface area contributed by atoms with Crippen molar-refractivity contribution in [1.82, 2.24) is 0 Å². The van der Waals surface area contributed by atoms with Crippen molar-refractivity contribution in [2.45, 2.75) is 39.2 Å². The smallest absolute Gasteiger partial charge is 0.311 e. The number of anilines is 1. The molecule has 1 unspecified atom stereocenters. The summed E-state index contributed by atoms with van der Waals surface area (Å²) in [6.45, 7) is 6.28. The Morgan fingerprint density at radius 1 is 1.45 bits per heavy atom. The molecule has 0 saturated carbocycles. The van der Waals surface area contributed by atoms with Crippen LogP contribution in [0.25, 0.3) is 0 Å². The molecule has 1 aromatic rings. The van der Waals surface area contributed by atoms with Gasteiger partial charge >= 0.3 is 5.69 Å². The van der Waals surface area contributed by atoms with Gasteiger partial charge in [0.2, 0.25) is 0 Å². The van der Waals surface area contributed by atoms with Gasteiger partial charge < -0.3 is 15.2 Å². The molecule has 0 aliphatic rings. The Labute approximate surface area is 118 Å². The van der Waals surface area contributed by atoms with E-state index in [1.807, 2.05) is 6.92 Å². The van der Waals surface area contributed by atoms with Crippen molar-refractivity contribution in [3.8, 4) is 5.75 Å². The summed E-state index contributed by atoms with van der Waals surface area (Å²) in [6, 6.07) is 4.61. The average molecular weight is 282 g/mol. The van der Waals surface area contributed by atoms with Crippen molar-refractivity contribution in [2.75, 3.05) is 18.5 Å². The number of aliphatic hydroxyl groups is 1. The predicted molar refractivity (Wildman–Crippen MR) is 78.3 cm³/mol. The SMILES string of the molecule is CCCC(C)(O)CNc1ccc([N+](=O)[O-])c(OCC)c1. The van der Waals surface area contributed by atoms with Crippen LogP contribution in [0.5, 0.6) is 5.75 Å². The van der Waals surface area contributed by atoms with E-state index in [4.69, 9.17) is 4.74 Å². The summed E-state index contributed by atoms with van der Waals surface area (Å²) in [5, 5.41) is 24.0. The van der Waals surface area contributed by atoms with Crippen molar-refractivity contribution >= 4 is 11.4 Å². The van der Waals surface area contributed by atoms with Crippen LogP contribution < -0.4 is 10.1 Å². The van der Waals surface area contributed by atoms with Gasteiger partial charge in [-0.1, -0.05) is 13.3 Å². The van der Waals surface area contributed by atoms with Crippen molar-refractivity contribution in [2.24, 2.45) is 0 Å². The summed E-state index contributed by atoms with van der Waals surface area (Å²) in [4.78, 5) is 10.4. The standard InChI is InChI=1S/C14H22N2O4/c1-4-8-14(3,17)10-15-11-6-7-12(16(18)19)13(9-11)20-5-2/h6-7,9,15,17H,4-5,8,10H2,1-3H3. The number of hydrogen-bond donors (Lipinski definition) is 2. The lowest BCUT2D eigenvalue weighted by Gasteiger charge is -2.23. The lowest BCUT2D eigenvalue weighted by Crippen LogP contribution is -2.33. The first-order valence-corrected chi connectivity index (χ1v) is 6.77. The monoisotopic (exact) mass is 282 g/mol. The highest BCUT2D eigenvalue weighted by Crippen LogP contribution is 2.30. The van der Waals surface area contributed by atoms with E-state index in [1.54, 1.807) is 26.0 Å². The summed E-state index contributed by atoms with van der Waals surface area (Å²) in [5.74, 6) is 0.234. The van der Waals surface area contributed by atoms with Gasteiger partial charge in [-0.05, 0) is 26.3 Å². The first-order valence-electron chi connectivity index (χ1n) is 6.77. The first-order chi connectivity index (χ1) is 9.39. The maximum atomic E-state index is 10.9. The van der Waals surface area contributed by atoms with Crippen LogP contribution in [-0.4, -0.2) is 28.8 Å².